The number of rotatable bonds is 8. The number of hydrogen-bond acceptors (Lipinski definition) is 6. The highest BCUT2D eigenvalue weighted by atomic mass is 35.5. The van der Waals surface area contributed by atoms with Gasteiger partial charge >= 0.3 is 0 Å². The second-order valence-corrected chi connectivity index (χ2v) is 9.17. The highest BCUT2D eigenvalue weighted by molar-refractivity contribution is 7.89. The quantitative estimate of drug-likeness (QED) is 0.515. The van der Waals surface area contributed by atoms with E-state index in [1.807, 2.05) is 0 Å². The van der Waals surface area contributed by atoms with E-state index >= 15 is 0 Å². The third-order valence-electron chi connectivity index (χ3n) is 4.60. The number of aryl methyl sites for hydroxylation is 1. The molecule has 0 unspecified atom stereocenters. The first kappa shape index (κ1) is 23.6. The zero-order chi connectivity index (χ0) is 23.3. The largest absolute Gasteiger partial charge is 0.455 e. The second kappa shape index (κ2) is 10.1. The van der Waals surface area contributed by atoms with Crippen LogP contribution in [0, 0.1) is 6.92 Å². The molecular formula is C22H23ClN4O4S. The van der Waals surface area contributed by atoms with Crippen molar-refractivity contribution < 1.29 is 17.9 Å². The fraction of sp³-hybridized carbons (Fsp3) is 0.227. The van der Waals surface area contributed by atoms with E-state index in [9.17, 15) is 13.2 Å². The van der Waals surface area contributed by atoms with Gasteiger partial charge in [-0.2, -0.15) is 4.31 Å². The van der Waals surface area contributed by atoms with Crippen LogP contribution in [0.4, 0.5) is 5.69 Å². The molecule has 0 bridgehead atoms. The molecule has 0 spiro atoms. The number of nitrogens with zero attached hydrogens (tertiary/aromatic N) is 3. The van der Waals surface area contributed by atoms with Crippen LogP contribution in [0.15, 0.2) is 59.8 Å². The number of aromatic nitrogens is 2. The minimum atomic E-state index is -3.74. The fourth-order valence-corrected chi connectivity index (χ4v) is 4.51. The Balaban J connectivity index is 2.01. The number of carbonyl (C=O) groups excluding carboxylic acids is 1. The number of nitrogens with one attached hydrogen (secondary N) is 1. The lowest BCUT2D eigenvalue weighted by Crippen LogP contribution is -2.30. The van der Waals surface area contributed by atoms with Crippen LogP contribution in [0.25, 0.3) is 0 Å². The molecule has 0 radical (unpaired) electrons. The summed E-state index contributed by atoms with van der Waals surface area (Å²) in [5.41, 5.74) is 0.936. The van der Waals surface area contributed by atoms with Gasteiger partial charge in [0.2, 0.25) is 10.0 Å². The van der Waals surface area contributed by atoms with Gasteiger partial charge in [-0.05, 0) is 49.4 Å². The normalized spacial score (nSPS) is 11.4. The maximum Gasteiger partial charge on any atom is 0.275 e. The Kier molecular flexibility index (Phi) is 7.44. The molecule has 0 aliphatic rings. The van der Waals surface area contributed by atoms with Crippen LogP contribution < -0.4 is 10.1 Å². The third kappa shape index (κ3) is 5.42. The maximum absolute atomic E-state index is 13.0. The Morgan fingerprint density at radius 2 is 1.75 bits per heavy atom. The number of hydrogen-bond donors (Lipinski definition) is 1. The molecule has 0 fully saturated rings. The molecule has 2 aromatic carbocycles. The first-order valence-corrected chi connectivity index (χ1v) is 11.7. The summed E-state index contributed by atoms with van der Waals surface area (Å²) >= 11 is 5.92. The number of anilines is 1. The molecule has 168 valence electrons. The zero-order valence-corrected chi connectivity index (χ0v) is 19.4. The van der Waals surface area contributed by atoms with Crippen molar-refractivity contribution in [1.82, 2.24) is 14.3 Å². The third-order valence-corrected chi connectivity index (χ3v) is 6.90. The van der Waals surface area contributed by atoms with E-state index in [0.29, 0.717) is 29.6 Å². The molecule has 0 aliphatic heterocycles. The summed E-state index contributed by atoms with van der Waals surface area (Å²) in [6, 6.07) is 11.0. The summed E-state index contributed by atoms with van der Waals surface area (Å²) in [7, 11) is -3.74. The molecule has 3 rings (SSSR count). The van der Waals surface area contributed by atoms with Gasteiger partial charge in [0.15, 0.2) is 5.75 Å². The van der Waals surface area contributed by atoms with Crippen LogP contribution in [0.5, 0.6) is 11.5 Å². The summed E-state index contributed by atoms with van der Waals surface area (Å²) < 4.78 is 33.2. The maximum atomic E-state index is 13.0. The van der Waals surface area contributed by atoms with Crippen LogP contribution in [0.3, 0.4) is 0 Å². The van der Waals surface area contributed by atoms with Gasteiger partial charge in [0.1, 0.15) is 11.4 Å². The van der Waals surface area contributed by atoms with Gasteiger partial charge in [0.05, 0.1) is 22.5 Å². The van der Waals surface area contributed by atoms with Crippen molar-refractivity contribution in [3.05, 3.63) is 71.3 Å². The van der Waals surface area contributed by atoms with E-state index in [-0.39, 0.29) is 22.0 Å². The smallest absolute Gasteiger partial charge is 0.275 e. The Morgan fingerprint density at radius 3 is 2.34 bits per heavy atom. The molecule has 0 atom stereocenters. The number of sulfonamides is 1. The Hall–Kier alpha value is -3.01. The number of halogens is 1. The molecule has 10 heteroatoms. The van der Waals surface area contributed by atoms with Crippen molar-refractivity contribution in [2.24, 2.45) is 0 Å². The van der Waals surface area contributed by atoms with Crippen molar-refractivity contribution in [1.29, 1.82) is 0 Å². The van der Waals surface area contributed by atoms with E-state index in [2.05, 4.69) is 15.3 Å². The minimum absolute atomic E-state index is 0.0370. The number of benzene rings is 2. The van der Waals surface area contributed by atoms with Crippen molar-refractivity contribution in [2.75, 3.05) is 18.4 Å². The monoisotopic (exact) mass is 474 g/mol. The molecule has 3 aromatic rings. The lowest BCUT2D eigenvalue weighted by Gasteiger charge is -2.20. The molecule has 1 amide bonds. The van der Waals surface area contributed by atoms with Gasteiger partial charge in [-0.3, -0.25) is 9.78 Å². The average Bonchev–Trinajstić information content (AvgIpc) is 2.77. The first-order valence-electron chi connectivity index (χ1n) is 9.92. The molecule has 0 saturated carbocycles. The summed E-state index contributed by atoms with van der Waals surface area (Å²) in [4.78, 5) is 20.9. The van der Waals surface area contributed by atoms with Gasteiger partial charge in [-0.1, -0.05) is 25.4 Å². The minimum Gasteiger partial charge on any atom is -0.455 e. The molecule has 1 aromatic heterocycles. The standard InChI is InChI=1S/C22H23ClN4O4S/c1-4-27(5-2)32(29,30)18-10-11-21(31-17-8-6-16(23)7-9-17)19(12-18)26-22(28)20-14-24-15(3)13-25-20/h6-14H,4-5H2,1-3H3,(H,26,28). The van der Waals surface area contributed by atoms with Crippen LogP contribution in [-0.4, -0.2) is 41.7 Å². The van der Waals surface area contributed by atoms with Crippen LogP contribution in [0.1, 0.15) is 30.0 Å². The molecule has 0 saturated heterocycles. The van der Waals surface area contributed by atoms with Crippen molar-refractivity contribution in [2.45, 2.75) is 25.7 Å². The topological polar surface area (TPSA) is 101 Å². The van der Waals surface area contributed by atoms with Crippen LogP contribution in [0.2, 0.25) is 5.02 Å². The van der Waals surface area contributed by atoms with Crippen molar-refractivity contribution >= 4 is 33.2 Å². The van der Waals surface area contributed by atoms with E-state index in [1.54, 1.807) is 45.0 Å². The Morgan fingerprint density at radius 1 is 1.06 bits per heavy atom. The predicted molar refractivity (Wildman–Crippen MR) is 123 cm³/mol. The van der Waals surface area contributed by atoms with E-state index in [0.717, 1.165) is 0 Å². The van der Waals surface area contributed by atoms with E-state index in [4.69, 9.17) is 16.3 Å². The molecule has 32 heavy (non-hydrogen) atoms. The lowest BCUT2D eigenvalue weighted by atomic mass is 10.2. The fourth-order valence-electron chi connectivity index (χ4n) is 2.89. The van der Waals surface area contributed by atoms with Crippen LogP contribution in [-0.2, 0) is 10.0 Å². The highest BCUT2D eigenvalue weighted by Crippen LogP contribution is 2.33. The van der Waals surface area contributed by atoms with Gasteiger partial charge < -0.3 is 10.1 Å². The molecule has 1 heterocycles. The van der Waals surface area contributed by atoms with Crippen molar-refractivity contribution in [3.8, 4) is 11.5 Å². The Bertz CT molecular complexity index is 1200. The van der Waals surface area contributed by atoms with E-state index in [1.165, 1.54) is 34.9 Å². The van der Waals surface area contributed by atoms with Crippen molar-refractivity contribution in [3.63, 3.8) is 0 Å². The van der Waals surface area contributed by atoms with Gasteiger partial charge in [0, 0.05) is 24.3 Å². The predicted octanol–water partition coefficient (Wildman–Crippen LogP) is 4.51. The van der Waals surface area contributed by atoms with E-state index < -0.39 is 15.9 Å². The molecule has 0 aliphatic carbocycles. The lowest BCUT2D eigenvalue weighted by molar-refractivity contribution is 0.102. The Labute approximate surface area is 192 Å². The summed E-state index contributed by atoms with van der Waals surface area (Å²) in [6.45, 7) is 5.93. The number of carbonyl (C=O) groups is 1. The number of amides is 1. The summed E-state index contributed by atoms with van der Waals surface area (Å²) in [5.74, 6) is 0.189. The zero-order valence-electron chi connectivity index (χ0n) is 17.9. The van der Waals surface area contributed by atoms with Crippen LogP contribution >= 0.6 is 11.6 Å². The van der Waals surface area contributed by atoms with Gasteiger partial charge in [-0.15, -0.1) is 0 Å². The first-order chi connectivity index (χ1) is 15.2. The second-order valence-electron chi connectivity index (χ2n) is 6.80. The summed E-state index contributed by atoms with van der Waals surface area (Å²) in [6.07, 6.45) is 2.82. The SMILES string of the molecule is CCN(CC)S(=O)(=O)c1ccc(Oc2ccc(Cl)cc2)c(NC(=O)c2cnc(C)cn2)c1. The average molecular weight is 475 g/mol. The molecule has 8 nitrogen and oxygen atoms in total. The summed E-state index contributed by atoms with van der Waals surface area (Å²) in [5, 5.41) is 3.24. The number of ether oxygens (including phenoxy) is 1. The molecule has 1 N–H and O–H groups in total. The highest BCUT2D eigenvalue weighted by Gasteiger charge is 2.24. The van der Waals surface area contributed by atoms with Gasteiger partial charge in [-0.25, -0.2) is 13.4 Å². The molecular weight excluding hydrogens is 452 g/mol. The van der Waals surface area contributed by atoms with Gasteiger partial charge in [0.25, 0.3) is 5.91 Å².